The van der Waals surface area contributed by atoms with Crippen molar-refractivity contribution in [3.05, 3.63) is 17.7 Å². The molecule has 0 heterocycles. The summed E-state index contributed by atoms with van der Waals surface area (Å²) in [5.41, 5.74) is 0.352. The van der Waals surface area contributed by atoms with Crippen molar-refractivity contribution >= 4 is 17.6 Å². The number of benzene rings is 1. The first-order chi connectivity index (χ1) is 10.5. The molecule has 0 aromatic heterocycles. The van der Waals surface area contributed by atoms with Gasteiger partial charge in [0, 0.05) is 6.42 Å². The largest absolute Gasteiger partial charge is 0.493 e. The Morgan fingerprint density at radius 1 is 1.27 bits per heavy atom. The molecule has 0 atom stereocenters. The van der Waals surface area contributed by atoms with Gasteiger partial charge in [-0.15, -0.1) is 0 Å². The van der Waals surface area contributed by atoms with Crippen molar-refractivity contribution in [1.82, 2.24) is 0 Å². The van der Waals surface area contributed by atoms with Crippen molar-refractivity contribution in [2.75, 3.05) is 19.5 Å². The molecule has 1 aromatic carbocycles. The summed E-state index contributed by atoms with van der Waals surface area (Å²) in [4.78, 5) is 23.2. The molecular formula is C16H21NO5. The summed E-state index contributed by atoms with van der Waals surface area (Å²) in [7, 11) is 2.87. The first-order valence-corrected chi connectivity index (χ1v) is 7.34. The molecule has 1 aromatic rings. The van der Waals surface area contributed by atoms with Gasteiger partial charge in [0.15, 0.2) is 11.5 Å². The van der Waals surface area contributed by atoms with Crippen LogP contribution < -0.4 is 14.8 Å². The van der Waals surface area contributed by atoms with E-state index < -0.39 is 5.97 Å². The molecule has 0 unspecified atom stereocenters. The molecule has 120 valence electrons. The molecular weight excluding hydrogens is 286 g/mol. The maximum Gasteiger partial charge on any atom is 0.335 e. The van der Waals surface area contributed by atoms with Crippen molar-refractivity contribution in [2.24, 2.45) is 5.92 Å². The monoisotopic (exact) mass is 307 g/mol. The van der Waals surface area contributed by atoms with Crippen LogP contribution in [0, 0.1) is 5.92 Å². The fraction of sp³-hybridized carbons (Fsp3) is 0.500. The van der Waals surface area contributed by atoms with E-state index in [2.05, 4.69) is 5.32 Å². The minimum atomic E-state index is -1.09. The maximum atomic E-state index is 12.1. The van der Waals surface area contributed by atoms with E-state index in [1.54, 1.807) is 0 Å². The number of carbonyl (C=O) groups is 2. The highest BCUT2D eigenvalue weighted by Gasteiger charge is 2.20. The van der Waals surface area contributed by atoms with Gasteiger partial charge in [-0.1, -0.05) is 19.3 Å². The van der Waals surface area contributed by atoms with Crippen LogP contribution in [0.1, 0.15) is 42.5 Å². The summed E-state index contributed by atoms with van der Waals surface area (Å²) in [5, 5.41) is 11.9. The molecule has 0 radical (unpaired) electrons. The number of hydrogen-bond acceptors (Lipinski definition) is 4. The standard InChI is InChI=1S/C16H21NO5/c1-21-13-9-11(16(19)20)8-12(15(13)22-2)17-14(18)7-6-10-4-3-5-10/h8-10H,3-7H2,1-2H3,(H,17,18)(H,19,20). The van der Waals surface area contributed by atoms with Crippen LogP contribution in [0.15, 0.2) is 12.1 Å². The number of hydrogen-bond donors (Lipinski definition) is 2. The third kappa shape index (κ3) is 3.69. The quantitative estimate of drug-likeness (QED) is 0.809. The van der Waals surface area contributed by atoms with E-state index in [0.29, 0.717) is 23.8 Å². The van der Waals surface area contributed by atoms with Crippen LogP contribution in [0.5, 0.6) is 11.5 Å². The zero-order chi connectivity index (χ0) is 16.1. The number of amides is 1. The molecule has 0 bridgehead atoms. The van der Waals surface area contributed by atoms with E-state index in [1.165, 1.54) is 45.6 Å². The van der Waals surface area contributed by atoms with Crippen molar-refractivity contribution in [3.63, 3.8) is 0 Å². The van der Waals surface area contributed by atoms with E-state index in [1.807, 2.05) is 0 Å². The van der Waals surface area contributed by atoms with Gasteiger partial charge in [0.2, 0.25) is 5.91 Å². The van der Waals surface area contributed by atoms with Gasteiger partial charge in [-0.3, -0.25) is 4.79 Å². The van der Waals surface area contributed by atoms with Crippen LogP contribution >= 0.6 is 0 Å². The first-order valence-electron chi connectivity index (χ1n) is 7.34. The van der Waals surface area contributed by atoms with Crippen LogP contribution in [-0.4, -0.2) is 31.2 Å². The molecule has 1 saturated carbocycles. The Morgan fingerprint density at radius 3 is 2.50 bits per heavy atom. The summed E-state index contributed by atoms with van der Waals surface area (Å²) < 4.78 is 10.4. The predicted octanol–water partition coefficient (Wildman–Crippen LogP) is 2.92. The molecule has 1 fully saturated rings. The average Bonchev–Trinajstić information content (AvgIpc) is 2.44. The fourth-order valence-electron chi connectivity index (χ4n) is 2.51. The van der Waals surface area contributed by atoms with Gasteiger partial charge in [-0.05, 0) is 24.5 Å². The molecule has 1 aliphatic carbocycles. The Morgan fingerprint density at radius 2 is 2.00 bits per heavy atom. The lowest BCUT2D eigenvalue weighted by Gasteiger charge is -2.24. The Hall–Kier alpha value is -2.24. The molecule has 1 aliphatic rings. The van der Waals surface area contributed by atoms with Gasteiger partial charge in [0.25, 0.3) is 0 Å². The van der Waals surface area contributed by atoms with Crippen LogP contribution in [0.3, 0.4) is 0 Å². The zero-order valence-corrected chi connectivity index (χ0v) is 12.8. The van der Waals surface area contributed by atoms with E-state index in [-0.39, 0.29) is 17.2 Å². The second-order valence-corrected chi connectivity index (χ2v) is 5.45. The smallest absolute Gasteiger partial charge is 0.335 e. The SMILES string of the molecule is COc1cc(C(=O)O)cc(NC(=O)CCC2CCC2)c1OC. The van der Waals surface area contributed by atoms with E-state index in [0.717, 1.165) is 6.42 Å². The van der Waals surface area contributed by atoms with E-state index >= 15 is 0 Å². The topological polar surface area (TPSA) is 84.9 Å². The fourth-order valence-corrected chi connectivity index (χ4v) is 2.51. The highest BCUT2D eigenvalue weighted by Crippen LogP contribution is 2.37. The van der Waals surface area contributed by atoms with Crippen LogP contribution in [0.25, 0.3) is 0 Å². The normalized spacial score (nSPS) is 14.1. The maximum absolute atomic E-state index is 12.1. The van der Waals surface area contributed by atoms with Crippen molar-refractivity contribution in [2.45, 2.75) is 32.1 Å². The van der Waals surface area contributed by atoms with Gasteiger partial charge < -0.3 is 19.9 Å². The van der Waals surface area contributed by atoms with Crippen LogP contribution in [-0.2, 0) is 4.79 Å². The number of carboxylic acid groups (broad SMARTS) is 1. The van der Waals surface area contributed by atoms with Gasteiger partial charge >= 0.3 is 5.97 Å². The number of nitrogens with one attached hydrogen (secondary N) is 1. The third-order valence-corrected chi connectivity index (χ3v) is 4.00. The Bertz CT molecular complexity index is 566. The molecule has 2 N–H and O–H groups in total. The Labute approximate surface area is 129 Å². The number of aromatic carboxylic acids is 1. The molecule has 2 rings (SSSR count). The van der Waals surface area contributed by atoms with Gasteiger partial charge in [-0.2, -0.15) is 0 Å². The minimum absolute atomic E-state index is 0.0342. The van der Waals surface area contributed by atoms with Crippen LogP contribution in [0.4, 0.5) is 5.69 Å². The lowest BCUT2D eigenvalue weighted by Crippen LogP contribution is -2.17. The highest BCUT2D eigenvalue weighted by molar-refractivity contribution is 5.96. The molecule has 22 heavy (non-hydrogen) atoms. The van der Waals surface area contributed by atoms with E-state index in [4.69, 9.17) is 14.6 Å². The number of carbonyl (C=O) groups excluding carboxylic acids is 1. The van der Waals surface area contributed by atoms with Crippen LogP contribution in [0.2, 0.25) is 0 Å². The van der Waals surface area contributed by atoms with Gasteiger partial charge in [-0.25, -0.2) is 4.79 Å². The second kappa shape index (κ2) is 7.15. The Kier molecular flexibility index (Phi) is 5.25. The van der Waals surface area contributed by atoms with Gasteiger partial charge in [0.1, 0.15) is 0 Å². The molecule has 6 nitrogen and oxygen atoms in total. The lowest BCUT2D eigenvalue weighted by atomic mass is 9.82. The highest BCUT2D eigenvalue weighted by atomic mass is 16.5. The van der Waals surface area contributed by atoms with Crippen molar-refractivity contribution in [1.29, 1.82) is 0 Å². The second-order valence-electron chi connectivity index (χ2n) is 5.45. The number of carboxylic acids is 1. The summed E-state index contributed by atoms with van der Waals surface area (Å²) in [6, 6.07) is 2.75. The summed E-state index contributed by atoms with van der Waals surface area (Å²) >= 11 is 0. The van der Waals surface area contributed by atoms with Crippen molar-refractivity contribution in [3.8, 4) is 11.5 Å². The minimum Gasteiger partial charge on any atom is -0.493 e. The molecule has 6 heteroatoms. The lowest BCUT2D eigenvalue weighted by molar-refractivity contribution is -0.116. The number of methoxy groups -OCH3 is 2. The molecule has 1 amide bonds. The third-order valence-electron chi connectivity index (χ3n) is 4.00. The first kappa shape index (κ1) is 16.1. The molecule has 0 saturated heterocycles. The van der Waals surface area contributed by atoms with Crippen molar-refractivity contribution < 1.29 is 24.2 Å². The number of ether oxygens (including phenoxy) is 2. The Balaban J connectivity index is 2.14. The summed E-state index contributed by atoms with van der Waals surface area (Å²) in [5.74, 6) is 0.00874. The van der Waals surface area contributed by atoms with Gasteiger partial charge in [0.05, 0.1) is 25.5 Å². The average molecular weight is 307 g/mol. The zero-order valence-electron chi connectivity index (χ0n) is 12.8. The number of rotatable bonds is 7. The summed E-state index contributed by atoms with van der Waals surface area (Å²) in [6.07, 6.45) is 4.92. The van der Waals surface area contributed by atoms with E-state index in [9.17, 15) is 9.59 Å². The predicted molar refractivity (Wildman–Crippen MR) is 81.7 cm³/mol. The number of anilines is 1. The molecule has 0 spiro atoms. The molecule has 0 aliphatic heterocycles. The summed E-state index contributed by atoms with van der Waals surface area (Å²) in [6.45, 7) is 0.